The molecule has 0 unspecified atom stereocenters. The lowest BCUT2D eigenvalue weighted by molar-refractivity contribution is 0.0631. The highest BCUT2D eigenvalue weighted by Crippen LogP contribution is 2.46. The number of phenolic OH excluding ortho intramolecular Hbond substituents is 1. The molecule has 1 N–H and O–H groups in total. The molecule has 38 heavy (non-hydrogen) atoms. The number of anilines is 1. The molecule has 0 radical (unpaired) electrons. The molecule has 0 amide bonds. The number of hydrogen-bond donors (Lipinski definition) is 4. The van der Waals surface area contributed by atoms with Gasteiger partial charge in [-0.25, -0.2) is 9.37 Å². The van der Waals surface area contributed by atoms with E-state index in [1.165, 1.54) is 6.42 Å². The van der Waals surface area contributed by atoms with Gasteiger partial charge in [-0.2, -0.15) is 5.10 Å². The van der Waals surface area contributed by atoms with Crippen LogP contribution in [-0.2, 0) is 0 Å². The van der Waals surface area contributed by atoms with Gasteiger partial charge in [0, 0.05) is 17.7 Å². The molecular weight excluding hydrogens is 544 g/mol. The minimum absolute atomic E-state index is 0.00811. The molecule has 3 saturated carbocycles. The zero-order valence-corrected chi connectivity index (χ0v) is 23.2. The van der Waals surface area contributed by atoms with Gasteiger partial charge in [0.05, 0.1) is 24.0 Å². The summed E-state index contributed by atoms with van der Waals surface area (Å²) < 4.78 is 19.7. The van der Waals surface area contributed by atoms with Gasteiger partial charge in [0.1, 0.15) is 11.9 Å². The number of nitrogens with zero attached hydrogens (tertiary/aromatic N) is 6. The highest BCUT2D eigenvalue weighted by Gasteiger charge is 2.46. The quantitative estimate of drug-likeness (QED) is 0.222. The molecule has 200 valence electrons. The normalized spacial score (nSPS) is 25.2. The Kier molecular flexibility index (Phi) is 7.06. The first-order valence-corrected chi connectivity index (χ1v) is 14.2. The SMILES string of the molecule is Oc1cc(-c2cnnc(OC(S)(S)S)c2)ccc1-c1ncc(N(C2CC2)[C@H]2C[C@@H]3CCC[C@@H](C3)[C@H]2F)nn1. The zero-order valence-electron chi connectivity index (χ0n) is 20.6. The van der Waals surface area contributed by atoms with E-state index in [4.69, 9.17) is 4.74 Å². The number of hydrogen-bond acceptors (Lipinski definition) is 11. The maximum Gasteiger partial charge on any atom is 0.243 e. The van der Waals surface area contributed by atoms with Crippen LogP contribution in [0.5, 0.6) is 11.6 Å². The lowest BCUT2D eigenvalue weighted by Crippen LogP contribution is -2.52. The van der Waals surface area contributed by atoms with E-state index in [1.54, 1.807) is 30.6 Å². The van der Waals surface area contributed by atoms with Crippen LogP contribution in [0.3, 0.4) is 0 Å². The average Bonchev–Trinajstić information content (AvgIpc) is 3.72. The van der Waals surface area contributed by atoms with Crippen molar-refractivity contribution < 1.29 is 14.2 Å². The molecule has 4 atom stereocenters. The Morgan fingerprint density at radius 2 is 1.82 bits per heavy atom. The maximum absolute atomic E-state index is 15.6. The first-order chi connectivity index (χ1) is 18.2. The van der Waals surface area contributed by atoms with Gasteiger partial charge in [-0.05, 0) is 61.6 Å². The van der Waals surface area contributed by atoms with Crippen LogP contribution < -0.4 is 9.64 Å². The second-order valence-electron chi connectivity index (χ2n) is 10.5. The second-order valence-corrected chi connectivity index (χ2v) is 13.5. The molecule has 0 aliphatic heterocycles. The number of fused-ring (bicyclic) bond motifs is 2. The van der Waals surface area contributed by atoms with Crippen LogP contribution in [0.2, 0.25) is 0 Å². The number of ether oxygens (including phenoxy) is 1. The van der Waals surface area contributed by atoms with Gasteiger partial charge in [-0.15, -0.1) is 53.2 Å². The Morgan fingerprint density at radius 3 is 2.53 bits per heavy atom. The molecule has 3 fully saturated rings. The highest BCUT2D eigenvalue weighted by molar-refractivity contribution is 8.16. The summed E-state index contributed by atoms with van der Waals surface area (Å²) >= 11 is 12.3. The Labute approximate surface area is 237 Å². The number of phenols is 1. The Hall–Kier alpha value is -2.31. The number of benzene rings is 1. The van der Waals surface area contributed by atoms with Crippen molar-refractivity contribution in [3.8, 4) is 34.1 Å². The Morgan fingerprint density at radius 1 is 0.974 bits per heavy atom. The van der Waals surface area contributed by atoms with E-state index in [-0.39, 0.29) is 23.6 Å². The smallest absolute Gasteiger partial charge is 0.243 e. The fourth-order valence-corrected chi connectivity index (χ4v) is 6.26. The minimum atomic E-state index is -1.31. The van der Waals surface area contributed by atoms with Crippen molar-refractivity contribution in [2.24, 2.45) is 11.8 Å². The van der Waals surface area contributed by atoms with E-state index in [0.29, 0.717) is 40.3 Å². The molecule has 2 heterocycles. The molecule has 1 aromatic carbocycles. The summed E-state index contributed by atoms with van der Waals surface area (Å²) in [6.45, 7) is 0. The predicted molar refractivity (Wildman–Crippen MR) is 153 cm³/mol. The van der Waals surface area contributed by atoms with Crippen molar-refractivity contribution in [1.29, 1.82) is 0 Å². The standard InChI is InChI=1S/C26H29FN6O2S3/c27-24-16-3-1-2-14(8-16)9-20(24)33(18-5-6-18)22-13-28-25(32-30-22)19-7-4-15(10-21(19)34)17-11-23(31-29-12-17)35-26(36,37)38/h4,7,10-14,16,18,20,24,34,36-38H,1-3,5-6,8-9H2/t14-,16+,20+,24-/m1/s1. The van der Waals surface area contributed by atoms with Gasteiger partial charge < -0.3 is 14.7 Å². The lowest BCUT2D eigenvalue weighted by Gasteiger charge is -2.46. The first-order valence-electron chi connectivity index (χ1n) is 12.9. The van der Waals surface area contributed by atoms with Crippen LogP contribution in [0.4, 0.5) is 10.2 Å². The third-order valence-corrected chi connectivity index (χ3v) is 8.05. The van der Waals surface area contributed by atoms with E-state index < -0.39 is 9.77 Å². The van der Waals surface area contributed by atoms with Crippen molar-refractivity contribution in [2.75, 3.05) is 4.90 Å². The molecule has 8 nitrogen and oxygen atoms in total. The minimum Gasteiger partial charge on any atom is -0.507 e. The topological polar surface area (TPSA) is 97.2 Å². The lowest BCUT2D eigenvalue weighted by atomic mass is 9.69. The van der Waals surface area contributed by atoms with Gasteiger partial charge in [0.25, 0.3) is 0 Å². The number of halogens is 1. The number of thiol groups is 3. The molecule has 6 rings (SSSR count). The van der Waals surface area contributed by atoms with Crippen molar-refractivity contribution in [2.45, 2.75) is 66.8 Å². The van der Waals surface area contributed by atoms with Crippen LogP contribution in [0.25, 0.3) is 22.5 Å². The summed E-state index contributed by atoms with van der Waals surface area (Å²) in [5, 5.41) is 27.4. The Bertz CT molecular complexity index is 1310. The fourth-order valence-electron chi connectivity index (χ4n) is 5.98. The number of alkyl halides is 1. The summed E-state index contributed by atoms with van der Waals surface area (Å²) in [5.74, 6) is 1.84. The van der Waals surface area contributed by atoms with Crippen LogP contribution in [0, 0.1) is 11.8 Å². The molecule has 2 bridgehead atoms. The van der Waals surface area contributed by atoms with E-state index in [9.17, 15) is 5.11 Å². The maximum atomic E-state index is 15.6. The molecule has 2 aromatic heterocycles. The van der Waals surface area contributed by atoms with Crippen LogP contribution >= 0.6 is 37.9 Å². The molecule has 0 spiro atoms. The summed E-state index contributed by atoms with van der Waals surface area (Å²) in [4.78, 5) is 6.67. The second kappa shape index (κ2) is 10.3. The monoisotopic (exact) mass is 572 g/mol. The van der Waals surface area contributed by atoms with Crippen molar-refractivity contribution in [3.05, 3.63) is 36.7 Å². The van der Waals surface area contributed by atoms with E-state index in [1.807, 2.05) is 6.07 Å². The van der Waals surface area contributed by atoms with Crippen molar-refractivity contribution in [1.82, 2.24) is 25.4 Å². The number of aromatic nitrogens is 5. The number of rotatable bonds is 7. The van der Waals surface area contributed by atoms with Crippen molar-refractivity contribution >= 4 is 43.7 Å². The highest BCUT2D eigenvalue weighted by atomic mass is 32.2. The summed E-state index contributed by atoms with van der Waals surface area (Å²) in [6, 6.07) is 6.91. The van der Waals surface area contributed by atoms with Crippen LogP contribution in [0.15, 0.2) is 36.7 Å². The molecule has 12 heteroatoms. The molecule has 3 aromatic rings. The van der Waals surface area contributed by atoms with Gasteiger partial charge in [-0.1, -0.05) is 18.9 Å². The largest absolute Gasteiger partial charge is 0.507 e. The van der Waals surface area contributed by atoms with E-state index in [0.717, 1.165) is 38.5 Å². The third-order valence-electron chi connectivity index (χ3n) is 7.77. The van der Waals surface area contributed by atoms with Crippen molar-refractivity contribution in [3.63, 3.8) is 0 Å². The average molecular weight is 573 g/mol. The summed E-state index contributed by atoms with van der Waals surface area (Å²) in [5.41, 5.74) is 1.80. The number of aromatic hydroxyl groups is 1. The van der Waals surface area contributed by atoms with E-state index >= 15 is 4.39 Å². The molecule has 3 aliphatic carbocycles. The van der Waals surface area contributed by atoms with E-state index in [2.05, 4.69) is 68.2 Å². The molecule has 0 saturated heterocycles. The van der Waals surface area contributed by atoms with Gasteiger partial charge >= 0.3 is 0 Å². The van der Waals surface area contributed by atoms with Gasteiger partial charge in [0.15, 0.2) is 11.6 Å². The predicted octanol–water partition coefficient (Wildman–Crippen LogP) is 5.37. The summed E-state index contributed by atoms with van der Waals surface area (Å²) in [7, 11) is 0. The van der Waals surface area contributed by atoms with Gasteiger partial charge in [0.2, 0.25) is 9.48 Å². The van der Waals surface area contributed by atoms with Crippen LogP contribution in [0.1, 0.15) is 44.9 Å². The molecular formula is C26H29FN6O2S3. The summed E-state index contributed by atoms with van der Waals surface area (Å²) in [6.07, 6.45) is 9.65. The fraction of sp³-hybridized carbons (Fsp3) is 0.500. The molecule has 3 aliphatic rings. The third kappa shape index (κ3) is 5.53. The van der Waals surface area contributed by atoms with Crippen LogP contribution in [-0.4, -0.2) is 52.3 Å². The first kappa shape index (κ1) is 25.9. The van der Waals surface area contributed by atoms with Gasteiger partial charge in [-0.3, -0.25) is 0 Å². The Balaban J connectivity index is 1.23. The zero-order chi connectivity index (χ0) is 26.4.